The van der Waals surface area contributed by atoms with E-state index in [2.05, 4.69) is 4.98 Å². The fourth-order valence-corrected chi connectivity index (χ4v) is 2.99. The third-order valence-corrected chi connectivity index (χ3v) is 4.33. The van der Waals surface area contributed by atoms with E-state index in [-0.39, 0.29) is 17.7 Å². The molecule has 0 radical (unpaired) electrons. The molecule has 5 heteroatoms. The smallest absolute Gasteiger partial charge is 0.256 e. The molecule has 0 aliphatic carbocycles. The van der Waals surface area contributed by atoms with E-state index in [1.807, 2.05) is 25.1 Å². The van der Waals surface area contributed by atoms with Gasteiger partial charge in [0.15, 0.2) is 0 Å². The fourth-order valence-electron chi connectivity index (χ4n) is 2.99. The molecule has 0 unspecified atom stereocenters. The maximum Gasteiger partial charge on any atom is 0.256 e. The van der Waals surface area contributed by atoms with Crippen molar-refractivity contribution < 1.29 is 9.59 Å². The van der Waals surface area contributed by atoms with Crippen molar-refractivity contribution in [3.63, 3.8) is 0 Å². The lowest BCUT2D eigenvalue weighted by Gasteiger charge is -2.30. The molecule has 1 aromatic carbocycles. The van der Waals surface area contributed by atoms with Crippen LogP contribution in [0, 0.1) is 12.8 Å². The first-order valence-electron chi connectivity index (χ1n) is 7.49. The Morgan fingerprint density at radius 2 is 1.95 bits per heavy atom. The van der Waals surface area contributed by atoms with Crippen molar-refractivity contribution in [2.24, 2.45) is 11.7 Å². The lowest BCUT2D eigenvalue weighted by Crippen LogP contribution is -2.41. The molecule has 0 bridgehead atoms. The van der Waals surface area contributed by atoms with Crippen molar-refractivity contribution in [2.45, 2.75) is 19.8 Å². The van der Waals surface area contributed by atoms with Gasteiger partial charge in [0.1, 0.15) is 0 Å². The van der Waals surface area contributed by atoms with Gasteiger partial charge in [-0.3, -0.25) is 14.6 Å². The van der Waals surface area contributed by atoms with E-state index in [1.165, 1.54) is 0 Å². The highest BCUT2D eigenvalue weighted by atomic mass is 16.2. The number of nitrogens with two attached hydrogens (primary N) is 1. The molecule has 22 heavy (non-hydrogen) atoms. The Morgan fingerprint density at radius 3 is 2.64 bits per heavy atom. The number of fused-ring (bicyclic) bond motifs is 1. The van der Waals surface area contributed by atoms with Crippen LogP contribution in [-0.4, -0.2) is 34.8 Å². The molecule has 114 valence electrons. The Balaban J connectivity index is 1.87. The van der Waals surface area contributed by atoms with Crippen molar-refractivity contribution in [3.8, 4) is 0 Å². The molecule has 0 saturated carbocycles. The van der Waals surface area contributed by atoms with Gasteiger partial charge in [0.2, 0.25) is 5.91 Å². The van der Waals surface area contributed by atoms with Gasteiger partial charge in [0.25, 0.3) is 5.91 Å². The van der Waals surface area contributed by atoms with E-state index in [1.54, 1.807) is 17.3 Å². The van der Waals surface area contributed by atoms with E-state index in [0.717, 1.165) is 16.3 Å². The summed E-state index contributed by atoms with van der Waals surface area (Å²) in [5.74, 6) is -0.405. The number of hydrogen-bond donors (Lipinski definition) is 1. The van der Waals surface area contributed by atoms with Crippen LogP contribution in [0.1, 0.15) is 28.8 Å². The average Bonchev–Trinajstić information content (AvgIpc) is 2.53. The summed E-state index contributed by atoms with van der Waals surface area (Å²) < 4.78 is 0. The van der Waals surface area contributed by atoms with Crippen LogP contribution in [0.15, 0.2) is 30.6 Å². The number of hydrogen-bond acceptors (Lipinski definition) is 3. The molecule has 2 N–H and O–H groups in total. The number of piperidine rings is 1. The molecule has 1 aliphatic heterocycles. The van der Waals surface area contributed by atoms with E-state index in [0.29, 0.717) is 31.5 Å². The number of benzene rings is 1. The van der Waals surface area contributed by atoms with Gasteiger partial charge in [-0.1, -0.05) is 23.8 Å². The van der Waals surface area contributed by atoms with Crippen LogP contribution >= 0.6 is 0 Å². The van der Waals surface area contributed by atoms with E-state index >= 15 is 0 Å². The number of nitrogens with zero attached hydrogens (tertiary/aromatic N) is 2. The minimum atomic E-state index is -0.269. The average molecular weight is 297 g/mol. The highest BCUT2D eigenvalue weighted by molar-refractivity contribution is 6.06. The van der Waals surface area contributed by atoms with Crippen LogP contribution in [0.4, 0.5) is 0 Å². The summed E-state index contributed by atoms with van der Waals surface area (Å²) in [6, 6.07) is 6.00. The standard InChI is InChI=1S/C17H19N3O2/c1-11-2-3-13-9-19-10-15(14(13)8-11)17(22)20-6-4-12(5-7-20)16(18)21/h2-3,8-10,12H,4-7H2,1H3,(H2,18,21). The number of aromatic nitrogens is 1. The van der Waals surface area contributed by atoms with Crippen molar-refractivity contribution in [1.82, 2.24) is 9.88 Å². The number of likely N-dealkylation sites (tertiary alicyclic amines) is 1. The maximum atomic E-state index is 12.8. The topological polar surface area (TPSA) is 76.3 Å². The van der Waals surface area contributed by atoms with Crippen molar-refractivity contribution in [3.05, 3.63) is 41.7 Å². The maximum absolute atomic E-state index is 12.8. The Labute approximate surface area is 129 Å². The number of primary amides is 1. The molecule has 0 spiro atoms. The highest BCUT2D eigenvalue weighted by Gasteiger charge is 2.27. The summed E-state index contributed by atoms with van der Waals surface area (Å²) in [4.78, 5) is 30.0. The number of carbonyl (C=O) groups excluding carboxylic acids is 2. The predicted octanol–water partition coefficient (Wildman–Crippen LogP) is 1.88. The Bertz CT molecular complexity index is 734. The molecule has 1 fully saturated rings. The SMILES string of the molecule is Cc1ccc2cncc(C(=O)N3CCC(C(N)=O)CC3)c2c1. The fraction of sp³-hybridized carbons (Fsp3) is 0.353. The van der Waals surface area contributed by atoms with E-state index < -0.39 is 0 Å². The quantitative estimate of drug-likeness (QED) is 0.919. The summed E-state index contributed by atoms with van der Waals surface area (Å²) >= 11 is 0. The lowest BCUT2D eigenvalue weighted by molar-refractivity contribution is -0.123. The first-order valence-corrected chi connectivity index (χ1v) is 7.49. The Hall–Kier alpha value is -2.43. The van der Waals surface area contributed by atoms with Crippen molar-refractivity contribution in [1.29, 1.82) is 0 Å². The molecule has 2 aromatic rings. The minimum Gasteiger partial charge on any atom is -0.369 e. The minimum absolute atomic E-state index is 0.0216. The monoisotopic (exact) mass is 297 g/mol. The zero-order valence-electron chi connectivity index (χ0n) is 12.6. The van der Waals surface area contributed by atoms with Crippen molar-refractivity contribution in [2.75, 3.05) is 13.1 Å². The van der Waals surface area contributed by atoms with Crippen LogP contribution in [0.25, 0.3) is 10.8 Å². The lowest BCUT2D eigenvalue weighted by atomic mass is 9.95. The Kier molecular flexibility index (Phi) is 3.79. The molecule has 1 saturated heterocycles. The molecule has 5 nitrogen and oxygen atoms in total. The molecule has 1 aliphatic rings. The molecule has 1 aromatic heterocycles. The molecule has 2 heterocycles. The zero-order chi connectivity index (χ0) is 15.7. The third kappa shape index (κ3) is 2.66. The number of aryl methyl sites for hydroxylation is 1. The van der Waals surface area contributed by atoms with Gasteiger partial charge < -0.3 is 10.6 Å². The second kappa shape index (κ2) is 5.75. The molecular formula is C17H19N3O2. The number of rotatable bonds is 2. The number of pyridine rings is 1. The molecule has 3 rings (SSSR count). The summed E-state index contributed by atoms with van der Waals surface area (Å²) in [6.45, 7) is 3.13. The van der Waals surface area contributed by atoms with Crippen LogP contribution in [-0.2, 0) is 4.79 Å². The normalized spacial score (nSPS) is 16.0. The predicted molar refractivity (Wildman–Crippen MR) is 84.3 cm³/mol. The van der Waals surface area contributed by atoms with E-state index in [9.17, 15) is 9.59 Å². The number of amides is 2. The van der Waals surface area contributed by atoms with E-state index in [4.69, 9.17) is 5.73 Å². The largest absolute Gasteiger partial charge is 0.369 e. The second-order valence-electron chi connectivity index (χ2n) is 5.88. The third-order valence-electron chi connectivity index (χ3n) is 4.33. The van der Waals surface area contributed by atoms with Crippen LogP contribution in [0.5, 0.6) is 0 Å². The molecule has 0 atom stereocenters. The first-order chi connectivity index (χ1) is 10.6. The van der Waals surface area contributed by atoms with Crippen molar-refractivity contribution >= 4 is 22.6 Å². The zero-order valence-corrected chi connectivity index (χ0v) is 12.6. The summed E-state index contributed by atoms with van der Waals surface area (Å²) in [6.07, 6.45) is 4.67. The van der Waals surface area contributed by atoms with Gasteiger partial charge in [-0.25, -0.2) is 0 Å². The Morgan fingerprint density at radius 1 is 1.23 bits per heavy atom. The summed E-state index contributed by atoms with van der Waals surface area (Å²) in [5, 5.41) is 1.89. The van der Waals surface area contributed by atoms with Gasteiger partial charge in [-0.15, -0.1) is 0 Å². The van der Waals surface area contributed by atoms with Crippen LogP contribution in [0.3, 0.4) is 0 Å². The molecule has 2 amide bonds. The summed E-state index contributed by atoms with van der Waals surface area (Å²) in [7, 11) is 0. The van der Waals surface area contributed by atoms with Gasteiger partial charge >= 0.3 is 0 Å². The van der Waals surface area contributed by atoms with Gasteiger partial charge in [-0.2, -0.15) is 0 Å². The van der Waals surface area contributed by atoms with Crippen LogP contribution in [0.2, 0.25) is 0 Å². The highest BCUT2D eigenvalue weighted by Crippen LogP contribution is 2.23. The number of carbonyl (C=O) groups is 2. The van der Waals surface area contributed by atoms with Crippen LogP contribution < -0.4 is 5.73 Å². The summed E-state index contributed by atoms with van der Waals surface area (Å²) in [5.41, 5.74) is 7.07. The molecular weight excluding hydrogens is 278 g/mol. The first kappa shape index (κ1) is 14.5. The van der Waals surface area contributed by atoms with Gasteiger partial charge in [-0.05, 0) is 25.2 Å². The van der Waals surface area contributed by atoms with Gasteiger partial charge in [0.05, 0.1) is 5.56 Å². The second-order valence-corrected chi connectivity index (χ2v) is 5.88. The van der Waals surface area contributed by atoms with Gasteiger partial charge in [0, 0.05) is 36.8 Å².